The minimum Gasteiger partial charge on any atom is -0.304 e. The van der Waals surface area contributed by atoms with Gasteiger partial charge in [-0.15, -0.1) is 34.9 Å². The van der Waals surface area contributed by atoms with E-state index in [1.807, 2.05) is 6.20 Å². The Kier molecular flexibility index (Phi) is 7.62. The van der Waals surface area contributed by atoms with Crippen LogP contribution in [0, 0.1) is 11.5 Å². The number of pyridine rings is 1. The van der Waals surface area contributed by atoms with Crippen LogP contribution in [0.4, 0.5) is 0 Å². The molecule has 0 unspecified atom stereocenters. The van der Waals surface area contributed by atoms with E-state index in [-0.39, 0.29) is 36.4 Å². The predicted octanol–water partition coefficient (Wildman–Crippen LogP) is 11.2. The Labute approximate surface area is 328 Å². The second-order valence-corrected chi connectivity index (χ2v) is 16.0. The molecule has 5 aromatic carbocycles. The smallest absolute Gasteiger partial charge is 0.240 e. The molecule has 0 spiro atoms. The number of hydrogen-bond donors (Lipinski definition) is 0. The van der Waals surface area contributed by atoms with E-state index in [0.29, 0.717) is 17.7 Å². The van der Waals surface area contributed by atoms with Crippen molar-refractivity contribution in [2.45, 2.75) is 52.4 Å². The summed E-state index contributed by atoms with van der Waals surface area (Å²) in [4.78, 5) is 20.7. The van der Waals surface area contributed by atoms with Crippen molar-refractivity contribution in [1.82, 2.24) is 29.1 Å². The zero-order valence-corrected chi connectivity index (χ0v) is 33.5. The molecule has 267 valence electrons. The molecular formula is C47H39IrN6-. The Hall–Kier alpha value is -5.49. The van der Waals surface area contributed by atoms with Crippen molar-refractivity contribution in [2.24, 2.45) is 5.41 Å². The molecule has 0 saturated carbocycles. The van der Waals surface area contributed by atoms with E-state index in [4.69, 9.17) is 19.9 Å². The summed E-state index contributed by atoms with van der Waals surface area (Å²) in [5, 5.41) is 4.59. The quantitative estimate of drug-likeness (QED) is 0.165. The molecule has 0 fully saturated rings. The van der Waals surface area contributed by atoms with Crippen LogP contribution < -0.4 is 0 Å². The van der Waals surface area contributed by atoms with Crippen molar-refractivity contribution in [1.29, 1.82) is 0 Å². The Morgan fingerprint density at radius 3 is 1.41 bits per heavy atom. The van der Waals surface area contributed by atoms with Gasteiger partial charge in [0.2, 0.25) is 11.9 Å². The first-order chi connectivity index (χ1) is 25.6. The van der Waals surface area contributed by atoms with Crippen LogP contribution in [0.15, 0.2) is 128 Å². The zero-order chi connectivity index (χ0) is 36.3. The molecule has 0 N–H and O–H groups in total. The van der Waals surface area contributed by atoms with E-state index in [2.05, 4.69) is 178 Å². The van der Waals surface area contributed by atoms with E-state index in [1.165, 1.54) is 11.1 Å². The van der Waals surface area contributed by atoms with Gasteiger partial charge in [-0.3, -0.25) is 9.13 Å². The number of rotatable bonds is 4. The fraction of sp³-hybridized carbons (Fsp3) is 0.191. The number of fused-ring (bicyclic) bond motifs is 7. The van der Waals surface area contributed by atoms with Crippen LogP contribution in [-0.2, 0) is 30.9 Å². The third-order valence-corrected chi connectivity index (χ3v) is 12.9. The van der Waals surface area contributed by atoms with E-state index in [1.54, 1.807) is 0 Å². The van der Waals surface area contributed by atoms with Crippen molar-refractivity contribution in [3.63, 3.8) is 0 Å². The Bertz CT molecular complexity index is 2690. The maximum Gasteiger partial charge on any atom is 0.240 e. The maximum atomic E-state index is 5.26. The number of nitrogens with zero attached hydrogens (tertiary/aromatic N) is 6. The first-order valence-electron chi connectivity index (χ1n) is 18.3. The Morgan fingerprint density at radius 1 is 0.519 bits per heavy atom. The first kappa shape index (κ1) is 34.3. The molecule has 0 atom stereocenters. The van der Waals surface area contributed by atoms with Crippen molar-refractivity contribution in [3.05, 3.63) is 145 Å². The number of aromatic nitrogens is 6. The van der Waals surface area contributed by atoms with Gasteiger partial charge in [0.1, 0.15) is 0 Å². The molecule has 54 heavy (non-hydrogen) atoms. The summed E-state index contributed by atoms with van der Waals surface area (Å²) in [5.74, 6) is 1.65. The van der Waals surface area contributed by atoms with E-state index in [0.717, 1.165) is 60.4 Å². The summed E-state index contributed by atoms with van der Waals surface area (Å²) in [5.41, 5.74) is 9.65. The third-order valence-electron chi connectivity index (χ3n) is 12.9. The van der Waals surface area contributed by atoms with Crippen LogP contribution in [0.2, 0.25) is 0 Å². The first-order valence-corrected chi connectivity index (χ1v) is 18.3. The molecule has 10 rings (SSSR count). The van der Waals surface area contributed by atoms with Gasteiger partial charge in [0.15, 0.2) is 5.82 Å². The van der Waals surface area contributed by atoms with Crippen molar-refractivity contribution in [2.75, 3.05) is 0 Å². The van der Waals surface area contributed by atoms with Crippen LogP contribution in [0.5, 0.6) is 0 Å². The van der Waals surface area contributed by atoms with Crippen LogP contribution >= 0.6 is 0 Å². The largest absolute Gasteiger partial charge is 0.304 e. The summed E-state index contributed by atoms with van der Waals surface area (Å²) >= 11 is 0. The van der Waals surface area contributed by atoms with Crippen LogP contribution in [-0.4, -0.2) is 29.1 Å². The molecule has 1 aliphatic carbocycles. The molecule has 0 saturated heterocycles. The number of hydrogen-bond acceptors (Lipinski definition) is 4. The summed E-state index contributed by atoms with van der Waals surface area (Å²) < 4.78 is 4.30. The molecular weight excluding hydrogens is 841 g/mol. The van der Waals surface area contributed by atoms with Gasteiger partial charge >= 0.3 is 0 Å². The summed E-state index contributed by atoms with van der Waals surface area (Å²) in [7, 11) is 0. The minimum absolute atomic E-state index is 0. The molecule has 0 amide bonds. The van der Waals surface area contributed by atoms with Gasteiger partial charge in [0, 0.05) is 53.4 Å². The van der Waals surface area contributed by atoms with Crippen LogP contribution in [0.25, 0.3) is 78.2 Å². The molecule has 0 bridgehead atoms. The Balaban J connectivity index is 0.00000384. The molecule has 4 heterocycles. The second kappa shape index (κ2) is 12.0. The van der Waals surface area contributed by atoms with Gasteiger partial charge in [-0.25, -0.2) is 0 Å². The van der Waals surface area contributed by atoms with Gasteiger partial charge in [-0.1, -0.05) is 126 Å². The van der Waals surface area contributed by atoms with E-state index in [9.17, 15) is 0 Å². The molecule has 6 nitrogen and oxygen atoms in total. The van der Waals surface area contributed by atoms with Gasteiger partial charge in [-0.05, 0) is 46.2 Å². The number of benzene rings is 5. The van der Waals surface area contributed by atoms with E-state index < -0.39 is 0 Å². The van der Waals surface area contributed by atoms with Gasteiger partial charge in [0.05, 0.1) is 22.1 Å². The van der Waals surface area contributed by atoms with Crippen molar-refractivity contribution in [3.8, 4) is 34.5 Å². The van der Waals surface area contributed by atoms with Gasteiger partial charge in [0.25, 0.3) is 0 Å². The van der Waals surface area contributed by atoms with Crippen LogP contribution in [0.3, 0.4) is 0 Å². The predicted molar refractivity (Wildman–Crippen MR) is 216 cm³/mol. The van der Waals surface area contributed by atoms with Crippen molar-refractivity contribution < 1.29 is 20.1 Å². The topological polar surface area (TPSA) is 61.4 Å². The maximum absolute atomic E-state index is 5.26. The van der Waals surface area contributed by atoms with E-state index >= 15 is 0 Å². The molecule has 7 heteroatoms. The minimum atomic E-state index is -0.00702. The normalized spacial score (nSPS) is 15.5. The second-order valence-electron chi connectivity index (χ2n) is 16.0. The fourth-order valence-electron chi connectivity index (χ4n) is 8.77. The molecule has 4 aromatic heterocycles. The SMILES string of the molecule is CC1(C)c2c[c-]c(-c3ccc(-c4nc(-n5c6ccccc6c6ccccc65)nc(-n5c6ccccc6c6ccccc65)n4)cn3)cc2C(C)(C)C1(C)C.[Ir]. The molecule has 9 aromatic rings. The van der Waals surface area contributed by atoms with Gasteiger partial charge < -0.3 is 4.98 Å². The number of para-hydroxylation sites is 4. The van der Waals surface area contributed by atoms with Crippen LogP contribution in [0.1, 0.15) is 52.7 Å². The summed E-state index contributed by atoms with van der Waals surface area (Å²) in [6, 6.07) is 46.0. The van der Waals surface area contributed by atoms with Crippen molar-refractivity contribution >= 4 is 43.6 Å². The molecule has 0 aliphatic heterocycles. The fourth-order valence-corrected chi connectivity index (χ4v) is 8.77. The third kappa shape index (κ3) is 4.68. The average Bonchev–Trinajstić information content (AvgIpc) is 3.73. The molecule has 1 aliphatic rings. The molecule has 1 radical (unpaired) electrons. The average molecular weight is 880 g/mol. The zero-order valence-electron chi connectivity index (χ0n) is 31.1. The Morgan fingerprint density at radius 2 is 0.963 bits per heavy atom. The standard InChI is InChI=1S/C47H39N6.Ir/c1-45(2)35-25-23-29(27-36(35)46(3,4)47(45,5)6)37-26-24-30(28-48-37)42-49-43(52-38-19-11-7-15-31(38)32-16-8-12-20-39(32)52)51-44(50-42)53-40-21-13-9-17-33(40)34-18-10-14-22-41(34)53;/h7-22,24-28H,1-6H3;/q-1;. The summed E-state index contributed by atoms with van der Waals surface area (Å²) in [6.07, 6.45) is 1.88. The monoisotopic (exact) mass is 880 g/mol. The van der Waals surface area contributed by atoms with Gasteiger partial charge in [-0.2, -0.15) is 15.0 Å². The summed E-state index contributed by atoms with van der Waals surface area (Å²) in [6.45, 7) is 14.2.